The molecule has 3 aromatic rings. The fourth-order valence-electron chi connectivity index (χ4n) is 4.21. The molecule has 0 unspecified atom stereocenters. The van der Waals surface area contributed by atoms with E-state index in [2.05, 4.69) is 4.72 Å². The van der Waals surface area contributed by atoms with Gasteiger partial charge in [0.15, 0.2) is 11.3 Å². The standard InChI is InChI=1S/C24H28N2O6S/c1-14-12-18-16(3)21(24(27)26-10-6-7-11-26)32-22(18)23(15(14)2)33(28,29)25-19-9-8-17(30-4)13-20(19)31-5/h8-9,12-13,25H,6-7,10-11H2,1-5H3. The predicted octanol–water partition coefficient (Wildman–Crippen LogP) is 4.41. The van der Waals surface area contributed by atoms with Crippen LogP contribution in [0.25, 0.3) is 11.0 Å². The zero-order valence-electron chi connectivity index (χ0n) is 19.4. The molecule has 1 N–H and O–H groups in total. The van der Waals surface area contributed by atoms with E-state index in [1.54, 1.807) is 36.9 Å². The molecule has 1 fully saturated rings. The normalized spacial score (nSPS) is 14.0. The highest BCUT2D eigenvalue weighted by Crippen LogP contribution is 2.37. The van der Waals surface area contributed by atoms with Gasteiger partial charge in [-0.3, -0.25) is 9.52 Å². The van der Waals surface area contributed by atoms with Crippen LogP contribution >= 0.6 is 0 Å². The molecule has 4 rings (SSSR count). The molecular weight excluding hydrogens is 444 g/mol. The number of sulfonamides is 1. The number of carbonyl (C=O) groups is 1. The highest BCUT2D eigenvalue weighted by molar-refractivity contribution is 7.93. The highest BCUT2D eigenvalue weighted by atomic mass is 32.2. The van der Waals surface area contributed by atoms with E-state index >= 15 is 0 Å². The molecule has 0 spiro atoms. The smallest absolute Gasteiger partial charge is 0.289 e. The van der Waals surface area contributed by atoms with Gasteiger partial charge in [-0.15, -0.1) is 0 Å². The number of hydrogen-bond acceptors (Lipinski definition) is 6. The number of amides is 1. The number of nitrogens with zero attached hydrogens (tertiary/aromatic N) is 1. The van der Waals surface area contributed by atoms with Crippen LogP contribution < -0.4 is 14.2 Å². The van der Waals surface area contributed by atoms with Crippen LogP contribution in [0.15, 0.2) is 33.6 Å². The first kappa shape index (κ1) is 23.0. The van der Waals surface area contributed by atoms with E-state index in [9.17, 15) is 13.2 Å². The first-order valence-electron chi connectivity index (χ1n) is 10.8. The minimum atomic E-state index is -4.08. The lowest BCUT2D eigenvalue weighted by molar-refractivity contribution is 0.0762. The number of benzene rings is 2. The number of fused-ring (bicyclic) bond motifs is 1. The monoisotopic (exact) mass is 472 g/mol. The number of aryl methyl sites for hydroxylation is 2. The van der Waals surface area contributed by atoms with Crippen molar-refractivity contribution in [1.29, 1.82) is 0 Å². The van der Waals surface area contributed by atoms with Gasteiger partial charge < -0.3 is 18.8 Å². The van der Waals surface area contributed by atoms with E-state index in [-0.39, 0.29) is 27.8 Å². The van der Waals surface area contributed by atoms with E-state index in [1.807, 2.05) is 13.0 Å². The van der Waals surface area contributed by atoms with Crippen LogP contribution in [0.2, 0.25) is 0 Å². The summed E-state index contributed by atoms with van der Waals surface area (Å²) in [7, 11) is -1.11. The molecule has 0 aliphatic carbocycles. The lowest BCUT2D eigenvalue weighted by Crippen LogP contribution is -2.27. The Morgan fingerprint density at radius 2 is 1.73 bits per heavy atom. The Labute approximate surface area is 193 Å². The SMILES string of the molecule is COc1ccc(NS(=O)(=O)c2c(C)c(C)cc3c(C)c(C(=O)N4CCCC4)oc23)c(OC)c1. The number of carbonyl (C=O) groups excluding carboxylic acids is 1. The maximum atomic E-state index is 13.6. The van der Waals surface area contributed by atoms with Gasteiger partial charge in [-0.2, -0.15) is 0 Å². The molecule has 0 bridgehead atoms. The largest absolute Gasteiger partial charge is 0.497 e. The van der Waals surface area contributed by atoms with Crippen molar-refractivity contribution in [2.24, 2.45) is 0 Å². The van der Waals surface area contributed by atoms with Crippen LogP contribution in [0.3, 0.4) is 0 Å². The second-order valence-electron chi connectivity index (χ2n) is 8.25. The Kier molecular flexibility index (Phi) is 6.00. The molecule has 2 heterocycles. The first-order valence-corrected chi connectivity index (χ1v) is 12.2. The van der Waals surface area contributed by atoms with Crippen molar-refractivity contribution in [2.45, 2.75) is 38.5 Å². The maximum Gasteiger partial charge on any atom is 0.289 e. The third-order valence-corrected chi connectivity index (χ3v) is 7.72. The minimum Gasteiger partial charge on any atom is -0.497 e. The molecule has 9 heteroatoms. The van der Waals surface area contributed by atoms with E-state index in [1.165, 1.54) is 14.2 Å². The molecule has 0 radical (unpaired) electrons. The van der Waals surface area contributed by atoms with Crippen LogP contribution in [0, 0.1) is 20.8 Å². The summed E-state index contributed by atoms with van der Waals surface area (Å²) in [6, 6.07) is 6.69. The minimum absolute atomic E-state index is 0.0129. The number of methoxy groups -OCH3 is 2. The topological polar surface area (TPSA) is 98.1 Å². The average Bonchev–Trinajstić information content (AvgIpc) is 3.43. The highest BCUT2D eigenvalue weighted by Gasteiger charge is 2.31. The Morgan fingerprint density at radius 1 is 1.03 bits per heavy atom. The number of likely N-dealkylation sites (tertiary alicyclic amines) is 1. The van der Waals surface area contributed by atoms with Crippen LogP contribution in [-0.4, -0.2) is 46.5 Å². The summed E-state index contributed by atoms with van der Waals surface area (Å²) < 4.78 is 46.4. The van der Waals surface area contributed by atoms with Crippen molar-refractivity contribution in [1.82, 2.24) is 4.90 Å². The van der Waals surface area contributed by atoms with Gasteiger partial charge in [-0.25, -0.2) is 8.42 Å². The van der Waals surface area contributed by atoms with Gasteiger partial charge in [-0.1, -0.05) is 0 Å². The third kappa shape index (κ3) is 4.01. The molecular formula is C24H28N2O6S. The molecule has 1 aliphatic rings. The summed E-state index contributed by atoms with van der Waals surface area (Å²) >= 11 is 0. The molecule has 1 aromatic heterocycles. The summed E-state index contributed by atoms with van der Waals surface area (Å²) in [6.45, 7) is 6.72. The van der Waals surface area contributed by atoms with E-state index < -0.39 is 10.0 Å². The first-order chi connectivity index (χ1) is 15.7. The third-order valence-electron chi connectivity index (χ3n) is 6.20. The maximum absolute atomic E-state index is 13.6. The molecule has 0 atom stereocenters. The lowest BCUT2D eigenvalue weighted by atomic mass is 10.0. The zero-order valence-corrected chi connectivity index (χ0v) is 20.3. The zero-order chi connectivity index (χ0) is 23.9. The summed E-state index contributed by atoms with van der Waals surface area (Å²) in [5, 5.41) is 0.614. The molecule has 2 aromatic carbocycles. The number of furan rings is 1. The Bertz CT molecular complexity index is 1340. The van der Waals surface area contributed by atoms with Gasteiger partial charge in [0, 0.05) is 30.1 Å². The number of ether oxygens (including phenoxy) is 2. The molecule has 176 valence electrons. The lowest BCUT2D eigenvalue weighted by Gasteiger charge is -2.15. The van der Waals surface area contributed by atoms with Crippen molar-refractivity contribution in [3.8, 4) is 11.5 Å². The van der Waals surface area contributed by atoms with Crippen molar-refractivity contribution < 1.29 is 27.1 Å². The van der Waals surface area contributed by atoms with Crippen LogP contribution in [0.5, 0.6) is 11.5 Å². The van der Waals surface area contributed by atoms with Crippen molar-refractivity contribution in [3.05, 3.63) is 46.7 Å². The van der Waals surface area contributed by atoms with Crippen molar-refractivity contribution in [3.63, 3.8) is 0 Å². The molecule has 1 amide bonds. The fourth-order valence-corrected chi connectivity index (χ4v) is 5.73. The van der Waals surface area contributed by atoms with Gasteiger partial charge in [0.05, 0.1) is 19.9 Å². The summed E-state index contributed by atoms with van der Waals surface area (Å²) in [5.74, 6) is 0.843. The summed E-state index contributed by atoms with van der Waals surface area (Å²) in [5.41, 5.74) is 2.43. The molecule has 0 saturated carbocycles. The van der Waals surface area contributed by atoms with Gasteiger partial charge >= 0.3 is 0 Å². The second-order valence-corrected chi connectivity index (χ2v) is 9.87. The number of nitrogens with one attached hydrogen (secondary N) is 1. The second kappa shape index (κ2) is 8.62. The molecule has 1 aliphatic heterocycles. The fraction of sp³-hybridized carbons (Fsp3) is 0.375. The molecule has 1 saturated heterocycles. The number of rotatable bonds is 6. The van der Waals surface area contributed by atoms with Crippen LogP contribution in [-0.2, 0) is 10.0 Å². The molecule has 33 heavy (non-hydrogen) atoms. The van der Waals surface area contributed by atoms with E-state index in [0.29, 0.717) is 41.1 Å². The van der Waals surface area contributed by atoms with Gasteiger partial charge in [0.2, 0.25) is 0 Å². The average molecular weight is 473 g/mol. The number of anilines is 1. The summed E-state index contributed by atoms with van der Waals surface area (Å²) in [4.78, 5) is 14.8. The Balaban J connectivity index is 1.85. The van der Waals surface area contributed by atoms with Crippen LogP contribution in [0.4, 0.5) is 5.69 Å². The number of hydrogen-bond donors (Lipinski definition) is 1. The van der Waals surface area contributed by atoms with Crippen molar-refractivity contribution in [2.75, 3.05) is 32.0 Å². The van der Waals surface area contributed by atoms with E-state index in [0.717, 1.165) is 18.4 Å². The van der Waals surface area contributed by atoms with Gasteiger partial charge in [0.25, 0.3) is 15.9 Å². The van der Waals surface area contributed by atoms with Gasteiger partial charge in [-0.05, 0) is 62.9 Å². The Hall–Kier alpha value is -3.20. The van der Waals surface area contributed by atoms with Gasteiger partial charge in [0.1, 0.15) is 16.4 Å². The molecule has 8 nitrogen and oxygen atoms in total. The van der Waals surface area contributed by atoms with E-state index in [4.69, 9.17) is 13.9 Å². The Morgan fingerprint density at radius 3 is 2.36 bits per heavy atom. The predicted molar refractivity (Wildman–Crippen MR) is 126 cm³/mol. The van der Waals surface area contributed by atoms with Crippen molar-refractivity contribution >= 4 is 32.6 Å². The quantitative estimate of drug-likeness (QED) is 0.571. The van der Waals surface area contributed by atoms with Crippen LogP contribution in [0.1, 0.15) is 40.1 Å². The summed E-state index contributed by atoms with van der Waals surface area (Å²) in [6.07, 6.45) is 1.91.